The van der Waals surface area contributed by atoms with Crippen LogP contribution in [0.25, 0.3) is 33.3 Å². The summed E-state index contributed by atoms with van der Waals surface area (Å²) in [7, 11) is 0. The summed E-state index contributed by atoms with van der Waals surface area (Å²) in [5.41, 5.74) is 4.47. The highest BCUT2D eigenvalue weighted by Crippen LogP contribution is 2.33. The maximum atomic E-state index is 13.2. The van der Waals surface area contributed by atoms with Crippen molar-refractivity contribution < 1.29 is 9.21 Å². The number of fused-ring (bicyclic) bond motifs is 2. The molecular weight excluding hydrogens is 467 g/mol. The lowest BCUT2D eigenvalue weighted by molar-refractivity contribution is 0.102. The standard InChI is InChI=1S/C28H22Cl2N2O2/c1-3-16(2)17-11-13-26-25(14-17)32-28(34-26)18-10-12-23(30)24(15-18)31-27(33)21-8-4-7-20-19(21)6-5-9-22(20)29/h4-16H,3H2,1-2H3,(H,31,33). The first kappa shape index (κ1) is 22.5. The molecule has 1 unspecified atom stereocenters. The molecule has 1 N–H and O–H groups in total. The highest BCUT2D eigenvalue weighted by Gasteiger charge is 2.16. The van der Waals surface area contributed by atoms with E-state index in [4.69, 9.17) is 27.6 Å². The van der Waals surface area contributed by atoms with Gasteiger partial charge in [0.2, 0.25) is 5.89 Å². The molecule has 4 aromatic carbocycles. The van der Waals surface area contributed by atoms with Gasteiger partial charge in [-0.15, -0.1) is 0 Å². The van der Waals surface area contributed by atoms with Crippen molar-refractivity contribution in [3.63, 3.8) is 0 Å². The molecule has 34 heavy (non-hydrogen) atoms. The molecule has 1 amide bonds. The van der Waals surface area contributed by atoms with Crippen molar-refractivity contribution in [1.82, 2.24) is 4.98 Å². The minimum Gasteiger partial charge on any atom is -0.436 e. The first-order valence-electron chi connectivity index (χ1n) is 11.1. The Balaban J connectivity index is 1.48. The third-order valence-corrected chi connectivity index (χ3v) is 6.83. The topological polar surface area (TPSA) is 55.1 Å². The van der Waals surface area contributed by atoms with Crippen LogP contribution in [0.5, 0.6) is 0 Å². The molecule has 0 saturated heterocycles. The molecule has 0 spiro atoms. The third kappa shape index (κ3) is 4.15. The number of amides is 1. The largest absolute Gasteiger partial charge is 0.436 e. The molecule has 0 aliphatic rings. The number of nitrogens with one attached hydrogen (secondary N) is 1. The Morgan fingerprint density at radius 1 is 0.971 bits per heavy atom. The maximum absolute atomic E-state index is 13.2. The van der Waals surface area contributed by atoms with Crippen LogP contribution in [0.1, 0.15) is 42.1 Å². The van der Waals surface area contributed by atoms with Crippen LogP contribution >= 0.6 is 23.2 Å². The normalized spacial score (nSPS) is 12.2. The Morgan fingerprint density at radius 3 is 2.59 bits per heavy atom. The number of anilines is 1. The van der Waals surface area contributed by atoms with E-state index in [1.807, 2.05) is 36.4 Å². The number of rotatable bonds is 5. The molecule has 170 valence electrons. The first-order chi connectivity index (χ1) is 16.4. The zero-order chi connectivity index (χ0) is 23.8. The Hall–Kier alpha value is -3.34. The van der Waals surface area contributed by atoms with Gasteiger partial charge in [0, 0.05) is 21.5 Å². The molecule has 0 radical (unpaired) electrons. The average Bonchev–Trinajstić information content (AvgIpc) is 3.28. The fourth-order valence-corrected chi connectivity index (χ4v) is 4.43. The Bertz CT molecular complexity index is 1540. The van der Waals surface area contributed by atoms with Gasteiger partial charge in [-0.1, -0.05) is 67.4 Å². The maximum Gasteiger partial charge on any atom is 0.256 e. The predicted molar refractivity (Wildman–Crippen MR) is 140 cm³/mol. The minimum atomic E-state index is -0.275. The Kier molecular flexibility index (Phi) is 6.03. The molecule has 6 heteroatoms. The van der Waals surface area contributed by atoms with Crippen LogP contribution in [0, 0.1) is 0 Å². The van der Waals surface area contributed by atoms with Gasteiger partial charge in [0.1, 0.15) is 5.52 Å². The second-order valence-corrected chi connectivity index (χ2v) is 9.16. The summed E-state index contributed by atoms with van der Waals surface area (Å²) >= 11 is 12.7. The zero-order valence-corrected chi connectivity index (χ0v) is 20.2. The molecule has 1 aromatic heterocycles. The number of oxazole rings is 1. The van der Waals surface area contributed by atoms with Gasteiger partial charge < -0.3 is 9.73 Å². The SMILES string of the molecule is CCC(C)c1ccc2oc(-c3ccc(Cl)c(NC(=O)c4cccc5c(Cl)cccc45)c3)nc2c1. The highest BCUT2D eigenvalue weighted by molar-refractivity contribution is 6.36. The van der Waals surface area contributed by atoms with Gasteiger partial charge in [-0.05, 0) is 65.8 Å². The number of carbonyl (C=O) groups excluding carboxylic acids is 1. The number of carbonyl (C=O) groups is 1. The van der Waals surface area contributed by atoms with Gasteiger partial charge in [0.15, 0.2) is 5.58 Å². The molecule has 0 fully saturated rings. The molecular formula is C28H22Cl2N2O2. The predicted octanol–water partition coefficient (Wildman–Crippen LogP) is 8.72. The molecule has 5 aromatic rings. The van der Waals surface area contributed by atoms with Crippen molar-refractivity contribution in [1.29, 1.82) is 0 Å². The van der Waals surface area contributed by atoms with Crippen LogP contribution in [0.4, 0.5) is 5.69 Å². The van der Waals surface area contributed by atoms with Crippen LogP contribution < -0.4 is 5.32 Å². The number of nitrogens with zero attached hydrogens (tertiary/aromatic N) is 1. The van der Waals surface area contributed by atoms with Gasteiger partial charge in [-0.25, -0.2) is 4.98 Å². The van der Waals surface area contributed by atoms with E-state index in [0.717, 1.165) is 33.9 Å². The number of aromatic nitrogens is 1. The van der Waals surface area contributed by atoms with Gasteiger partial charge in [0.25, 0.3) is 5.91 Å². The summed E-state index contributed by atoms with van der Waals surface area (Å²) in [6, 6.07) is 22.4. The van der Waals surface area contributed by atoms with Crippen molar-refractivity contribution in [2.45, 2.75) is 26.2 Å². The molecule has 0 aliphatic carbocycles. The van der Waals surface area contributed by atoms with Gasteiger partial charge in [0.05, 0.1) is 10.7 Å². The summed E-state index contributed by atoms with van der Waals surface area (Å²) in [6.07, 6.45) is 1.05. The molecule has 1 heterocycles. The fraction of sp³-hybridized carbons (Fsp3) is 0.143. The van der Waals surface area contributed by atoms with Crippen molar-refractivity contribution in [3.05, 3.63) is 94.0 Å². The van der Waals surface area contributed by atoms with E-state index in [9.17, 15) is 4.79 Å². The molecule has 5 rings (SSSR count). The van der Waals surface area contributed by atoms with E-state index in [1.165, 1.54) is 5.56 Å². The van der Waals surface area contributed by atoms with Crippen LogP contribution in [0.2, 0.25) is 10.0 Å². The van der Waals surface area contributed by atoms with E-state index < -0.39 is 0 Å². The Morgan fingerprint density at radius 2 is 1.76 bits per heavy atom. The van der Waals surface area contributed by atoms with Crippen molar-refractivity contribution >= 4 is 56.7 Å². The molecule has 0 bridgehead atoms. The number of benzene rings is 4. The summed E-state index contributed by atoms with van der Waals surface area (Å²) < 4.78 is 6.00. The Labute approximate surface area is 207 Å². The van der Waals surface area contributed by atoms with E-state index in [2.05, 4.69) is 36.3 Å². The van der Waals surface area contributed by atoms with E-state index in [0.29, 0.717) is 33.1 Å². The smallest absolute Gasteiger partial charge is 0.256 e. The molecule has 1 atom stereocenters. The quantitative estimate of drug-likeness (QED) is 0.269. The minimum absolute atomic E-state index is 0.275. The lowest BCUT2D eigenvalue weighted by atomic mass is 9.98. The lowest BCUT2D eigenvalue weighted by Crippen LogP contribution is -2.12. The van der Waals surface area contributed by atoms with Crippen LogP contribution in [0.3, 0.4) is 0 Å². The van der Waals surface area contributed by atoms with Crippen molar-refractivity contribution in [2.24, 2.45) is 0 Å². The summed E-state index contributed by atoms with van der Waals surface area (Å²) in [5.74, 6) is 0.647. The second kappa shape index (κ2) is 9.13. The van der Waals surface area contributed by atoms with Crippen LogP contribution in [-0.4, -0.2) is 10.9 Å². The van der Waals surface area contributed by atoms with E-state index >= 15 is 0 Å². The lowest BCUT2D eigenvalue weighted by Gasteiger charge is -2.11. The van der Waals surface area contributed by atoms with Crippen LogP contribution in [-0.2, 0) is 0 Å². The van der Waals surface area contributed by atoms with Gasteiger partial charge >= 0.3 is 0 Å². The van der Waals surface area contributed by atoms with Crippen LogP contribution in [0.15, 0.2) is 77.2 Å². The molecule has 0 aliphatic heterocycles. The number of hydrogen-bond donors (Lipinski definition) is 1. The zero-order valence-electron chi connectivity index (χ0n) is 18.7. The van der Waals surface area contributed by atoms with Crippen molar-refractivity contribution in [3.8, 4) is 11.5 Å². The summed E-state index contributed by atoms with van der Waals surface area (Å²) in [5, 5.41) is 5.54. The van der Waals surface area contributed by atoms with E-state index in [1.54, 1.807) is 24.3 Å². The highest BCUT2D eigenvalue weighted by atomic mass is 35.5. The third-order valence-electron chi connectivity index (χ3n) is 6.17. The average molecular weight is 489 g/mol. The summed E-state index contributed by atoms with van der Waals surface area (Å²) in [4.78, 5) is 17.8. The number of halogens is 2. The summed E-state index contributed by atoms with van der Waals surface area (Å²) in [6.45, 7) is 4.36. The number of hydrogen-bond acceptors (Lipinski definition) is 3. The second-order valence-electron chi connectivity index (χ2n) is 8.34. The van der Waals surface area contributed by atoms with Gasteiger partial charge in [-0.2, -0.15) is 0 Å². The fourth-order valence-electron chi connectivity index (χ4n) is 4.02. The molecule has 0 saturated carbocycles. The first-order valence-corrected chi connectivity index (χ1v) is 11.9. The van der Waals surface area contributed by atoms with Gasteiger partial charge in [-0.3, -0.25) is 4.79 Å². The molecule has 4 nitrogen and oxygen atoms in total. The van der Waals surface area contributed by atoms with E-state index in [-0.39, 0.29) is 5.91 Å². The monoisotopic (exact) mass is 488 g/mol. The van der Waals surface area contributed by atoms with Crippen molar-refractivity contribution in [2.75, 3.05) is 5.32 Å².